The number of aliphatic carboxylic acids is 1. The summed E-state index contributed by atoms with van der Waals surface area (Å²) in [4.78, 5) is 21.9. The van der Waals surface area contributed by atoms with Gasteiger partial charge in [-0.05, 0) is 31.5 Å². The zero-order valence-electron chi connectivity index (χ0n) is 10.8. The van der Waals surface area contributed by atoms with Gasteiger partial charge in [-0.3, -0.25) is 14.9 Å². The van der Waals surface area contributed by atoms with Crippen LogP contribution in [0.15, 0.2) is 24.3 Å². The van der Waals surface area contributed by atoms with E-state index in [1.165, 1.54) is 6.92 Å². The molecule has 5 heteroatoms. The minimum Gasteiger partial charge on any atom is -0.480 e. The molecule has 0 saturated heterocycles. The lowest BCUT2D eigenvalue weighted by molar-refractivity contribution is -0.143. The predicted molar refractivity (Wildman–Crippen MR) is 69.3 cm³/mol. The predicted octanol–water partition coefficient (Wildman–Crippen LogP) is 1.60. The average molecular weight is 250 g/mol. The second-order valence-electron chi connectivity index (χ2n) is 4.67. The van der Waals surface area contributed by atoms with Crippen LogP contribution in [0.2, 0.25) is 0 Å². The van der Waals surface area contributed by atoms with Gasteiger partial charge >= 0.3 is 5.97 Å². The van der Waals surface area contributed by atoms with Crippen LogP contribution < -0.4 is 10.6 Å². The maximum Gasteiger partial charge on any atom is 0.323 e. The van der Waals surface area contributed by atoms with Gasteiger partial charge in [0.2, 0.25) is 5.91 Å². The molecule has 0 unspecified atom stereocenters. The SMILES string of the molecule is CC(=O)Nc1cccc(CNC(C)(C)C(=O)O)c1. The summed E-state index contributed by atoms with van der Waals surface area (Å²) in [6.45, 7) is 5.07. The molecule has 0 heterocycles. The van der Waals surface area contributed by atoms with Crippen LogP contribution in [0.3, 0.4) is 0 Å². The number of hydrogen-bond acceptors (Lipinski definition) is 3. The van der Waals surface area contributed by atoms with Gasteiger partial charge in [0.1, 0.15) is 5.54 Å². The Labute approximate surface area is 106 Å². The fraction of sp³-hybridized carbons (Fsp3) is 0.385. The third-order valence-electron chi connectivity index (χ3n) is 2.52. The van der Waals surface area contributed by atoms with Crippen molar-refractivity contribution in [2.45, 2.75) is 32.9 Å². The summed E-state index contributed by atoms with van der Waals surface area (Å²) in [6.07, 6.45) is 0. The molecule has 0 radical (unpaired) electrons. The summed E-state index contributed by atoms with van der Waals surface area (Å²) in [5, 5.41) is 14.6. The Hall–Kier alpha value is -1.88. The quantitative estimate of drug-likeness (QED) is 0.741. The first kappa shape index (κ1) is 14.2. The number of amides is 1. The second-order valence-corrected chi connectivity index (χ2v) is 4.67. The Morgan fingerprint density at radius 1 is 1.33 bits per heavy atom. The number of anilines is 1. The number of rotatable bonds is 5. The molecule has 18 heavy (non-hydrogen) atoms. The molecule has 0 spiro atoms. The van der Waals surface area contributed by atoms with E-state index in [4.69, 9.17) is 5.11 Å². The molecule has 98 valence electrons. The molecule has 0 aliphatic heterocycles. The second kappa shape index (κ2) is 5.64. The molecule has 1 aromatic carbocycles. The standard InChI is InChI=1S/C13H18N2O3/c1-9(16)15-11-6-4-5-10(7-11)8-14-13(2,3)12(17)18/h4-7,14H,8H2,1-3H3,(H,15,16)(H,17,18). The maximum absolute atomic E-state index is 10.9. The van der Waals surface area contributed by atoms with E-state index in [9.17, 15) is 9.59 Å². The number of carbonyl (C=O) groups is 2. The van der Waals surface area contributed by atoms with Crippen molar-refractivity contribution in [3.8, 4) is 0 Å². The lowest BCUT2D eigenvalue weighted by Crippen LogP contribution is -2.46. The van der Waals surface area contributed by atoms with Gasteiger partial charge in [0.25, 0.3) is 0 Å². The van der Waals surface area contributed by atoms with Gasteiger partial charge in [-0.25, -0.2) is 0 Å². The van der Waals surface area contributed by atoms with E-state index in [2.05, 4.69) is 10.6 Å². The summed E-state index contributed by atoms with van der Waals surface area (Å²) in [5.74, 6) is -1.04. The topological polar surface area (TPSA) is 78.4 Å². The molecule has 0 aliphatic carbocycles. The molecule has 0 aromatic heterocycles. The van der Waals surface area contributed by atoms with Gasteiger partial charge in [-0.15, -0.1) is 0 Å². The monoisotopic (exact) mass is 250 g/mol. The van der Waals surface area contributed by atoms with E-state index in [-0.39, 0.29) is 5.91 Å². The van der Waals surface area contributed by atoms with Crippen molar-refractivity contribution in [1.82, 2.24) is 5.32 Å². The minimum absolute atomic E-state index is 0.133. The van der Waals surface area contributed by atoms with Crippen molar-refractivity contribution >= 4 is 17.6 Å². The zero-order valence-corrected chi connectivity index (χ0v) is 10.8. The third-order valence-corrected chi connectivity index (χ3v) is 2.52. The van der Waals surface area contributed by atoms with Crippen LogP contribution in [0.4, 0.5) is 5.69 Å². The van der Waals surface area contributed by atoms with Gasteiger partial charge in [-0.1, -0.05) is 12.1 Å². The average Bonchev–Trinajstić information content (AvgIpc) is 2.26. The van der Waals surface area contributed by atoms with Crippen molar-refractivity contribution in [2.75, 3.05) is 5.32 Å². The first-order chi connectivity index (χ1) is 8.31. The number of benzene rings is 1. The van der Waals surface area contributed by atoms with Crippen LogP contribution >= 0.6 is 0 Å². The first-order valence-electron chi connectivity index (χ1n) is 5.66. The van der Waals surface area contributed by atoms with Crippen LogP contribution in [0.1, 0.15) is 26.3 Å². The number of hydrogen-bond donors (Lipinski definition) is 3. The van der Waals surface area contributed by atoms with Gasteiger partial charge in [-0.2, -0.15) is 0 Å². The van der Waals surface area contributed by atoms with Crippen molar-refractivity contribution in [3.63, 3.8) is 0 Å². The highest BCUT2D eigenvalue weighted by molar-refractivity contribution is 5.88. The first-order valence-corrected chi connectivity index (χ1v) is 5.66. The lowest BCUT2D eigenvalue weighted by Gasteiger charge is -2.21. The molecule has 0 bridgehead atoms. The fourth-order valence-electron chi connectivity index (χ4n) is 1.36. The Kier molecular flexibility index (Phi) is 4.44. The van der Waals surface area contributed by atoms with E-state index in [1.54, 1.807) is 19.9 Å². The van der Waals surface area contributed by atoms with E-state index in [1.807, 2.05) is 18.2 Å². The maximum atomic E-state index is 10.9. The number of carboxylic acids is 1. The normalized spacial score (nSPS) is 11.1. The van der Waals surface area contributed by atoms with Crippen molar-refractivity contribution in [3.05, 3.63) is 29.8 Å². The molecule has 5 nitrogen and oxygen atoms in total. The van der Waals surface area contributed by atoms with Gasteiger partial charge in [0, 0.05) is 19.2 Å². The van der Waals surface area contributed by atoms with Crippen molar-refractivity contribution in [1.29, 1.82) is 0 Å². The number of carboxylic acid groups (broad SMARTS) is 1. The van der Waals surface area contributed by atoms with E-state index in [0.717, 1.165) is 5.56 Å². The number of carbonyl (C=O) groups excluding carboxylic acids is 1. The van der Waals surface area contributed by atoms with Crippen LogP contribution in [0.25, 0.3) is 0 Å². The van der Waals surface area contributed by atoms with Gasteiger partial charge < -0.3 is 10.4 Å². The fourth-order valence-corrected chi connectivity index (χ4v) is 1.36. The molecule has 0 atom stereocenters. The highest BCUT2D eigenvalue weighted by atomic mass is 16.4. The van der Waals surface area contributed by atoms with Gasteiger partial charge in [0.15, 0.2) is 0 Å². The van der Waals surface area contributed by atoms with Gasteiger partial charge in [0.05, 0.1) is 0 Å². The van der Waals surface area contributed by atoms with Crippen molar-refractivity contribution in [2.24, 2.45) is 0 Å². The number of nitrogens with one attached hydrogen (secondary N) is 2. The molecular weight excluding hydrogens is 232 g/mol. The molecular formula is C13H18N2O3. The van der Waals surface area contributed by atoms with E-state index < -0.39 is 11.5 Å². The summed E-state index contributed by atoms with van der Waals surface area (Å²) in [5.41, 5.74) is 0.634. The van der Waals surface area contributed by atoms with E-state index in [0.29, 0.717) is 12.2 Å². The van der Waals surface area contributed by atoms with E-state index >= 15 is 0 Å². The third kappa shape index (κ3) is 4.18. The molecule has 0 fully saturated rings. The zero-order chi connectivity index (χ0) is 13.8. The molecule has 0 aliphatic rings. The highest BCUT2D eigenvalue weighted by Crippen LogP contribution is 2.12. The summed E-state index contributed by atoms with van der Waals surface area (Å²) < 4.78 is 0. The summed E-state index contributed by atoms with van der Waals surface area (Å²) in [7, 11) is 0. The Morgan fingerprint density at radius 2 is 2.00 bits per heavy atom. The van der Waals surface area contributed by atoms with Crippen LogP contribution in [-0.4, -0.2) is 22.5 Å². The highest BCUT2D eigenvalue weighted by Gasteiger charge is 2.25. The lowest BCUT2D eigenvalue weighted by atomic mass is 10.1. The van der Waals surface area contributed by atoms with Crippen LogP contribution in [0, 0.1) is 0 Å². The molecule has 3 N–H and O–H groups in total. The van der Waals surface area contributed by atoms with Crippen LogP contribution in [-0.2, 0) is 16.1 Å². The largest absolute Gasteiger partial charge is 0.480 e. The molecule has 1 amide bonds. The molecule has 1 rings (SSSR count). The van der Waals surface area contributed by atoms with Crippen molar-refractivity contribution < 1.29 is 14.7 Å². The minimum atomic E-state index is -0.982. The molecule has 1 aromatic rings. The summed E-state index contributed by atoms with van der Waals surface area (Å²) >= 11 is 0. The van der Waals surface area contributed by atoms with Crippen LogP contribution in [0.5, 0.6) is 0 Å². The summed E-state index contributed by atoms with van der Waals surface area (Å²) in [6, 6.07) is 7.28. The molecule has 0 saturated carbocycles. The Bertz CT molecular complexity index is 455. The Morgan fingerprint density at radius 3 is 2.56 bits per heavy atom. The smallest absolute Gasteiger partial charge is 0.323 e. The Balaban J connectivity index is 2.68.